The van der Waals surface area contributed by atoms with Crippen molar-refractivity contribution in [1.29, 1.82) is 0 Å². The molecule has 2 aromatic rings. The lowest BCUT2D eigenvalue weighted by Gasteiger charge is -2.05. The van der Waals surface area contributed by atoms with E-state index in [2.05, 4.69) is 4.98 Å². The third kappa shape index (κ3) is 1.28. The fourth-order valence-electron chi connectivity index (χ4n) is 1.20. The molecule has 0 aliphatic rings. The molecule has 0 bridgehead atoms. The van der Waals surface area contributed by atoms with Gasteiger partial charge in [0.25, 0.3) is 0 Å². The quantitative estimate of drug-likeness (QED) is 0.660. The van der Waals surface area contributed by atoms with Crippen molar-refractivity contribution in [2.45, 2.75) is 6.18 Å². The number of fused-ring (bicyclic) bond motifs is 1. The van der Waals surface area contributed by atoms with Crippen molar-refractivity contribution in [2.75, 3.05) is 5.84 Å². The lowest BCUT2D eigenvalue weighted by Crippen LogP contribution is -2.09. The summed E-state index contributed by atoms with van der Waals surface area (Å²) >= 11 is 0. The molecule has 6 heteroatoms. The first kappa shape index (κ1) is 8.86. The van der Waals surface area contributed by atoms with Crippen molar-refractivity contribution < 1.29 is 13.2 Å². The van der Waals surface area contributed by atoms with Gasteiger partial charge in [0.15, 0.2) is 0 Å². The molecule has 2 aromatic heterocycles. The van der Waals surface area contributed by atoms with Crippen molar-refractivity contribution in [1.82, 2.24) is 9.66 Å². The van der Waals surface area contributed by atoms with Gasteiger partial charge in [0.05, 0.1) is 11.0 Å². The molecule has 0 atom stereocenters. The van der Waals surface area contributed by atoms with Crippen LogP contribution in [0.4, 0.5) is 13.2 Å². The van der Waals surface area contributed by atoms with Crippen LogP contribution >= 0.6 is 0 Å². The number of nitrogen functional groups attached to an aromatic ring is 1. The van der Waals surface area contributed by atoms with E-state index in [-0.39, 0.29) is 5.52 Å². The van der Waals surface area contributed by atoms with Crippen LogP contribution < -0.4 is 5.84 Å². The van der Waals surface area contributed by atoms with Gasteiger partial charge in [0, 0.05) is 6.20 Å². The highest BCUT2D eigenvalue weighted by Gasteiger charge is 2.32. The monoisotopic (exact) mass is 201 g/mol. The molecule has 14 heavy (non-hydrogen) atoms. The smallest absolute Gasteiger partial charge is 0.339 e. The Balaban J connectivity index is 2.63. The van der Waals surface area contributed by atoms with E-state index < -0.39 is 11.9 Å². The van der Waals surface area contributed by atoms with Crippen molar-refractivity contribution in [3.63, 3.8) is 0 Å². The normalized spacial score (nSPS) is 12.2. The van der Waals surface area contributed by atoms with E-state index in [1.807, 2.05) is 0 Å². The summed E-state index contributed by atoms with van der Waals surface area (Å²) in [6.07, 6.45) is -2.96. The first-order valence-corrected chi connectivity index (χ1v) is 3.79. The molecule has 2 heterocycles. The standard InChI is InChI=1S/C8H6F3N3/c9-8(10,11)7-2-1-6-5(13-7)3-4-14(6)12/h1-4H,12H2. The predicted octanol–water partition coefficient (Wildman–Crippen LogP) is 1.77. The van der Waals surface area contributed by atoms with Crippen molar-refractivity contribution >= 4 is 11.0 Å². The third-order valence-corrected chi connectivity index (χ3v) is 1.86. The second-order valence-electron chi connectivity index (χ2n) is 2.82. The summed E-state index contributed by atoms with van der Waals surface area (Å²) in [6, 6.07) is 3.64. The van der Waals surface area contributed by atoms with E-state index in [1.165, 1.54) is 23.0 Å². The first-order valence-electron chi connectivity index (χ1n) is 3.79. The average Bonchev–Trinajstić information content (AvgIpc) is 2.46. The van der Waals surface area contributed by atoms with E-state index in [9.17, 15) is 13.2 Å². The highest BCUT2D eigenvalue weighted by molar-refractivity contribution is 5.75. The Morgan fingerprint density at radius 2 is 1.93 bits per heavy atom. The van der Waals surface area contributed by atoms with E-state index in [0.29, 0.717) is 5.52 Å². The summed E-state index contributed by atoms with van der Waals surface area (Å²) in [5.74, 6) is 5.43. The van der Waals surface area contributed by atoms with Crippen LogP contribution in [0.2, 0.25) is 0 Å². The molecule has 0 amide bonds. The largest absolute Gasteiger partial charge is 0.433 e. The molecule has 0 fully saturated rings. The maximum absolute atomic E-state index is 12.2. The fourth-order valence-corrected chi connectivity index (χ4v) is 1.20. The predicted molar refractivity (Wildman–Crippen MR) is 44.9 cm³/mol. The van der Waals surface area contributed by atoms with Crippen molar-refractivity contribution in [3.8, 4) is 0 Å². The summed E-state index contributed by atoms with van der Waals surface area (Å²) in [6.45, 7) is 0. The average molecular weight is 201 g/mol. The van der Waals surface area contributed by atoms with E-state index in [0.717, 1.165) is 6.07 Å². The van der Waals surface area contributed by atoms with Crippen molar-refractivity contribution in [2.24, 2.45) is 0 Å². The van der Waals surface area contributed by atoms with Gasteiger partial charge < -0.3 is 5.84 Å². The second-order valence-corrected chi connectivity index (χ2v) is 2.82. The highest BCUT2D eigenvalue weighted by atomic mass is 19.4. The number of rotatable bonds is 0. The number of pyridine rings is 1. The number of aromatic nitrogens is 2. The van der Waals surface area contributed by atoms with Crippen LogP contribution in [0.25, 0.3) is 11.0 Å². The highest BCUT2D eigenvalue weighted by Crippen LogP contribution is 2.28. The van der Waals surface area contributed by atoms with Gasteiger partial charge in [-0.2, -0.15) is 13.2 Å². The Labute approximate surface area is 76.9 Å². The van der Waals surface area contributed by atoms with Gasteiger partial charge in [-0.15, -0.1) is 0 Å². The van der Waals surface area contributed by atoms with Gasteiger partial charge in [-0.1, -0.05) is 0 Å². The molecule has 0 spiro atoms. The minimum absolute atomic E-state index is 0.238. The van der Waals surface area contributed by atoms with Crippen molar-refractivity contribution in [3.05, 3.63) is 30.1 Å². The number of hydrogen-bond donors (Lipinski definition) is 1. The van der Waals surface area contributed by atoms with Gasteiger partial charge in [-0.25, -0.2) is 4.98 Å². The lowest BCUT2D eigenvalue weighted by atomic mass is 10.3. The molecule has 0 aliphatic heterocycles. The number of nitrogens with two attached hydrogens (primary N) is 1. The fraction of sp³-hybridized carbons (Fsp3) is 0.125. The summed E-state index contributed by atoms with van der Waals surface area (Å²) in [5.41, 5.74) is -0.198. The molecular formula is C8H6F3N3. The number of alkyl halides is 3. The van der Waals surface area contributed by atoms with E-state index in [4.69, 9.17) is 5.84 Å². The van der Waals surface area contributed by atoms with Crippen LogP contribution in [0.5, 0.6) is 0 Å². The topological polar surface area (TPSA) is 43.8 Å². The summed E-state index contributed by atoms with van der Waals surface area (Å²) in [4.78, 5) is 3.44. The summed E-state index contributed by atoms with van der Waals surface area (Å²) in [5, 5.41) is 0. The first-order chi connectivity index (χ1) is 6.48. The van der Waals surface area contributed by atoms with Crippen LogP contribution in [0, 0.1) is 0 Å². The number of nitrogens with zero attached hydrogens (tertiary/aromatic N) is 2. The molecule has 0 aromatic carbocycles. The zero-order valence-corrected chi connectivity index (χ0v) is 6.92. The molecule has 74 valence electrons. The second kappa shape index (κ2) is 2.63. The van der Waals surface area contributed by atoms with Crippen LogP contribution in [-0.4, -0.2) is 9.66 Å². The number of halogens is 3. The molecule has 2 N–H and O–H groups in total. The molecule has 0 saturated carbocycles. The zero-order chi connectivity index (χ0) is 10.3. The van der Waals surface area contributed by atoms with Gasteiger partial charge in [0.2, 0.25) is 0 Å². The summed E-state index contributed by atoms with van der Waals surface area (Å²) < 4.78 is 37.9. The van der Waals surface area contributed by atoms with Crippen LogP contribution in [0.1, 0.15) is 5.69 Å². The Morgan fingerprint density at radius 3 is 2.57 bits per heavy atom. The summed E-state index contributed by atoms with van der Waals surface area (Å²) in [7, 11) is 0. The third-order valence-electron chi connectivity index (χ3n) is 1.86. The maximum atomic E-state index is 12.2. The molecule has 0 unspecified atom stereocenters. The molecule has 2 rings (SSSR count). The SMILES string of the molecule is Nn1ccc2nc(C(F)(F)F)ccc21. The Bertz CT molecular complexity index is 472. The maximum Gasteiger partial charge on any atom is 0.433 e. The Morgan fingerprint density at radius 1 is 1.21 bits per heavy atom. The molecular weight excluding hydrogens is 195 g/mol. The van der Waals surface area contributed by atoms with Gasteiger partial charge in [-0.3, -0.25) is 4.68 Å². The molecule has 0 aliphatic carbocycles. The van der Waals surface area contributed by atoms with Gasteiger partial charge in [0.1, 0.15) is 5.69 Å². The minimum Gasteiger partial charge on any atom is -0.339 e. The zero-order valence-electron chi connectivity index (χ0n) is 6.92. The van der Waals surface area contributed by atoms with Crippen LogP contribution in [-0.2, 0) is 6.18 Å². The molecule has 3 nitrogen and oxygen atoms in total. The Kier molecular flexibility index (Phi) is 1.67. The van der Waals surface area contributed by atoms with Gasteiger partial charge >= 0.3 is 6.18 Å². The minimum atomic E-state index is -4.41. The van der Waals surface area contributed by atoms with Gasteiger partial charge in [-0.05, 0) is 18.2 Å². The number of hydrogen-bond acceptors (Lipinski definition) is 2. The molecule has 0 saturated heterocycles. The van der Waals surface area contributed by atoms with Crippen LogP contribution in [0.15, 0.2) is 24.4 Å². The molecule has 0 radical (unpaired) electrons. The van der Waals surface area contributed by atoms with Crippen LogP contribution in [0.3, 0.4) is 0 Å². The van der Waals surface area contributed by atoms with E-state index in [1.54, 1.807) is 0 Å². The van der Waals surface area contributed by atoms with E-state index >= 15 is 0 Å². The lowest BCUT2D eigenvalue weighted by molar-refractivity contribution is -0.140. The Hall–Kier alpha value is -1.72.